The van der Waals surface area contributed by atoms with E-state index in [0.717, 1.165) is 31.8 Å². The number of rotatable bonds is 7. The molecule has 1 aliphatic heterocycles. The molecular weight excluding hydrogens is 344 g/mol. The molecule has 0 saturated carbocycles. The molecule has 8 heteroatoms. The molecule has 0 radical (unpaired) electrons. The fraction of sp³-hybridized carbons (Fsp3) is 0.556. The molecule has 142 valence electrons. The molecule has 1 fully saturated rings. The summed E-state index contributed by atoms with van der Waals surface area (Å²) in [5, 5.41) is 9.24. The number of benzene rings is 1. The van der Waals surface area contributed by atoms with Crippen LogP contribution in [0.1, 0.15) is 42.4 Å². The van der Waals surface area contributed by atoms with Crippen LogP contribution >= 0.6 is 0 Å². The molecule has 1 N–H and O–H groups in total. The lowest BCUT2D eigenvalue weighted by molar-refractivity contribution is -0.160. The number of likely N-dealkylation sites (tertiary alicyclic amines) is 1. The molecule has 0 bridgehead atoms. The highest BCUT2D eigenvalue weighted by molar-refractivity contribution is 5.92. The van der Waals surface area contributed by atoms with Crippen molar-refractivity contribution in [1.29, 1.82) is 0 Å². The van der Waals surface area contributed by atoms with Crippen molar-refractivity contribution in [2.45, 2.75) is 52.0 Å². The second kappa shape index (κ2) is 8.09. The fourth-order valence-corrected chi connectivity index (χ4v) is 3.42. The molecule has 1 aliphatic rings. The molecule has 2 heterocycles. The van der Waals surface area contributed by atoms with Crippen LogP contribution in [0.3, 0.4) is 0 Å². The monoisotopic (exact) mass is 367 g/mol. The van der Waals surface area contributed by atoms with Gasteiger partial charge in [0.2, 0.25) is 0 Å². The van der Waals surface area contributed by atoms with Crippen LogP contribution in [0.4, 0.5) is 8.78 Å². The predicted molar refractivity (Wildman–Crippen MR) is 92.4 cm³/mol. The van der Waals surface area contributed by atoms with E-state index < -0.39 is 18.7 Å². The molecule has 0 spiro atoms. The lowest BCUT2D eigenvalue weighted by atomic mass is 10.1. The first kappa shape index (κ1) is 18.7. The number of piperidine rings is 1. The Morgan fingerprint density at radius 3 is 2.69 bits per heavy atom. The Kier molecular flexibility index (Phi) is 5.83. The topological polar surface area (TPSA) is 67.6 Å². The zero-order chi connectivity index (χ0) is 18.7. The summed E-state index contributed by atoms with van der Waals surface area (Å²) >= 11 is 0. The van der Waals surface area contributed by atoms with E-state index >= 15 is 0 Å². The number of hydrogen-bond acceptors (Lipinski definition) is 4. The van der Waals surface area contributed by atoms with E-state index in [1.54, 1.807) is 19.1 Å². The third kappa shape index (κ3) is 4.37. The van der Waals surface area contributed by atoms with E-state index in [4.69, 9.17) is 0 Å². The first-order valence-electron chi connectivity index (χ1n) is 8.82. The van der Waals surface area contributed by atoms with E-state index in [9.17, 15) is 18.7 Å². The Hall–Kier alpha value is -2.06. The van der Waals surface area contributed by atoms with Crippen LogP contribution in [0.2, 0.25) is 0 Å². The largest absolute Gasteiger partial charge is 0.478 e. The molecule has 3 rings (SSSR count). The number of imidazole rings is 1. The second-order valence-corrected chi connectivity index (χ2v) is 6.69. The minimum Gasteiger partial charge on any atom is -0.478 e. The Morgan fingerprint density at radius 1 is 1.31 bits per heavy atom. The van der Waals surface area contributed by atoms with Crippen molar-refractivity contribution < 1.29 is 23.4 Å². The van der Waals surface area contributed by atoms with E-state index in [1.165, 1.54) is 12.5 Å². The van der Waals surface area contributed by atoms with Crippen molar-refractivity contribution in [1.82, 2.24) is 14.5 Å². The first-order valence-corrected chi connectivity index (χ1v) is 8.82. The van der Waals surface area contributed by atoms with Gasteiger partial charge in [-0.3, -0.25) is 4.90 Å². The Bertz CT molecular complexity index is 772. The maximum atomic E-state index is 12.5. The summed E-state index contributed by atoms with van der Waals surface area (Å²) in [4.78, 5) is 18.2. The van der Waals surface area contributed by atoms with Gasteiger partial charge in [-0.15, -0.1) is 0 Å². The highest BCUT2D eigenvalue weighted by atomic mass is 19.3. The maximum Gasteiger partial charge on any atom is 0.345 e. The number of halogens is 2. The zero-order valence-corrected chi connectivity index (χ0v) is 14.7. The van der Waals surface area contributed by atoms with Crippen molar-refractivity contribution >= 4 is 17.0 Å². The Morgan fingerprint density at radius 2 is 2.04 bits per heavy atom. The summed E-state index contributed by atoms with van der Waals surface area (Å²) in [7, 11) is 0. The summed E-state index contributed by atoms with van der Waals surface area (Å²) in [5.41, 5.74) is 1.43. The number of carboxylic acids is 1. The van der Waals surface area contributed by atoms with Gasteiger partial charge in [0.15, 0.2) is 0 Å². The number of aromatic carboxylic acids is 1. The molecule has 1 aromatic carbocycles. The highest BCUT2D eigenvalue weighted by Gasteiger charge is 2.20. The van der Waals surface area contributed by atoms with E-state index in [-0.39, 0.29) is 12.1 Å². The molecule has 2 aromatic rings. The second-order valence-electron chi connectivity index (χ2n) is 6.69. The summed E-state index contributed by atoms with van der Waals surface area (Å²) in [5.74, 6) is -0.289. The van der Waals surface area contributed by atoms with Crippen LogP contribution in [-0.4, -0.2) is 51.3 Å². The summed E-state index contributed by atoms with van der Waals surface area (Å²) in [6, 6.07) is 4.71. The number of hydrogen-bond donors (Lipinski definition) is 1. The third-order valence-corrected chi connectivity index (χ3v) is 4.66. The molecule has 0 amide bonds. The van der Waals surface area contributed by atoms with Gasteiger partial charge in [-0.05, 0) is 51.1 Å². The molecular formula is C18H23F2N3O3. The SMILES string of the molecule is CC(Cn1c(CN2CCCCC2)nc2ccc(C(=O)O)cc21)OC(F)F. The number of nitrogens with zero attached hydrogens (tertiary/aromatic N) is 3. The van der Waals surface area contributed by atoms with Crippen LogP contribution in [0.5, 0.6) is 0 Å². The van der Waals surface area contributed by atoms with Gasteiger partial charge in [0, 0.05) is 0 Å². The Balaban J connectivity index is 1.95. The van der Waals surface area contributed by atoms with Crippen LogP contribution < -0.4 is 0 Å². The number of fused-ring (bicyclic) bond motifs is 1. The van der Waals surface area contributed by atoms with Crippen molar-refractivity contribution in [2.24, 2.45) is 0 Å². The van der Waals surface area contributed by atoms with E-state index in [1.807, 2.05) is 4.57 Å². The van der Waals surface area contributed by atoms with Crippen LogP contribution in [-0.2, 0) is 17.8 Å². The summed E-state index contributed by atoms with van der Waals surface area (Å²) < 4.78 is 31.5. The van der Waals surface area contributed by atoms with Crippen LogP contribution in [0.25, 0.3) is 11.0 Å². The average Bonchev–Trinajstić information content (AvgIpc) is 2.91. The maximum absolute atomic E-state index is 12.5. The molecule has 26 heavy (non-hydrogen) atoms. The summed E-state index contributed by atoms with van der Waals surface area (Å²) in [6.07, 6.45) is 2.76. The van der Waals surface area contributed by atoms with Gasteiger partial charge in [-0.2, -0.15) is 8.78 Å². The predicted octanol–water partition coefficient (Wildman–Crippen LogP) is 3.35. The van der Waals surface area contributed by atoms with E-state index in [0.29, 0.717) is 17.6 Å². The van der Waals surface area contributed by atoms with Gasteiger partial charge in [0.05, 0.1) is 35.8 Å². The molecule has 1 saturated heterocycles. The third-order valence-electron chi connectivity index (χ3n) is 4.66. The van der Waals surface area contributed by atoms with Crippen molar-refractivity contribution in [2.75, 3.05) is 13.1 Å². The molecule has 1 atom stereocenters. The number of alkyl halides is 2. The molecule has 1 aromatic heterocycles. The zero-order valence-electron chi connectivity index (χ0n) is 14.7. The number of aromatic nitrogens is 2. The minimum absolute atomic E-state index is 0.144. The van der Waals surface area contributed by atoms with Gasteiger partial charge in [0.1, 0.15) is 5.82 Å². The smallest absolute Gasteiger partial charge is 0.345 e. The van der Waals surface area contributed by atoms with E-state index in [2.05, 4.69) is 14.6 Å². The molecule has 1 unspecified atom stereocenters. The lowest BCUT2D eigenvalue weighted by Gasteiger charge is -2.26. The standard InChI is InChI=1S/C18H23F2N3O3/c1-12(26-18(19)20)10-23-15-9-13(17(24)25)5-6-14(15)21-16(23)11-22-7-3-2-4-8-22/h5-6,9,12,18H,2-4,7-8,10-11H2,1H3,(H,24,25). The van der Waals surface area contributed by atoms with Crippen LogP contribution in [0.15, 0.2) is 18.2 Å². The quantitative estimate of drug-likeness (QED) is 0.813. The minimum atomic E-state index is -2.85. The number of carboxylic acid groups (broad SMARTS) is 1. The van der Waals surface area contributed by atoms with Crippen LogP contribution in [0, 0.1) is 0 Å². The number of ether oxygens (including phenoxy) is 1. The molecule has 0 aliphatic carbocycles. The van der Waals surface area contributed by atoms with Crippen molar-refractivity contribution in [3.8, 4) is 0 Å². The first-order chi connectivity index (χ1) is 12.4. The summed E-state index contributed by atoms with van der Waals surface area (Å²) in [6.45, 7) is 1.48. The van der Waals surface area contributed by atoms with Gasteiger partial charge in [-0.25, -0.2) is 9.78 Å². The Labute approximate surface area is 150 Å². The van der Waals surface area contributed by atoms with Gasteiger partial charge in [-0.1, -0.05) is 6.42 Å². The van der Waals surface area contributed by atoms with Gasteiger partial charge < -0.3 is 14.4 Å². The van der Waals surface area contributed by atoms with Gasteiger partial charge in [0.25, 0.3) is 0 Å². The lowest BCUT2D eigenvalue weighted by Crippen LogP contribution is -2.31. The van der Waals surface area contributed by atoms with Crippen molar-refractivity contribution in [3.05, 3.63) is 29.6 Å². The molecule has 6 nitrogen and oxygen atoms in total. The normalized spacial score (nSPS) is 17.1. The van der Waals surface area contributed by atoms with Crippen molar-refractivity contribution in [3.63, 3.8) is 0 Å². The van der Waals surface area contributed by atoms with Gasteiger partial charge >= 0.3 is 12.6 Å². The highest BCUT2D eigenvalue weighted by Crippen LogP contribution is 2.22. The fourth-order valence-electron chi connectivity index (χ4n) is 3.42. The number of carbonyl (C=O) groups is 1. The average molecular weight is 367 g/mol.